The Labute approximate surface area is 384 Å². The third-order valence-electron chi connectivity index (χ3n) is 10.9. The summed E-state index contributed by atoms with van der Waals surface area (Å²) in [5.74, 6) is -0.429. The van der Waals surface area contributed by atoms with Crippen molar-refractivity contribution >= 4 is 11.9 Å². The Kier molecular flexibility index (Phi) is 50.0. The average Bonchev–Trinajstić information content (AvgIpc) is 3.27. The highest BCUT2D eigenvalue weighted by Gasteiger charge is 2.17. The molecular formula is C57H98O5. The largest absolute Gasteiger partial charge is 0.462 e. The minimum absolute atomic E-state index is 0.0636. The fourth-order valence-electron chi connectivity index (χ4n) is 7.04. The Bertz CT molecular complexity index is 1160. The zero-order chi connectivity index (χ0) is 44.9. The van der Waals surface area contributed by atoms with E-state index in [0.717, 1.165) is 103 Å². The van der Waals surface area contributed by atoms with E-state index in [0.29, 0.717) is 19.4 Å². The van der Waals surface area contributed by atoms with Crippen LogP contribution in [0.3, 0.4) is 0 Å². The lowest BCUT2D eigenvalue weighted by Gasteiger charge is -2.18. The van der Waals surface area contributed by atoms with Gasteiger partial charge in [0, 0.05) is 19.4 Å². The van der Waals surface area contributed by atoms with Gasteiger partial charge in [-0.25, -0.2) is 0 Å². The molecule has 5 nitrogen and oxygen atoms in total. The predicted octanol–water partition coefficient (Wildman–Crippen LogP) is 17.7. The number of hydrogen-bond acceptors (Lipinski definition) is 5. The Balaban J connectivity index is 4.31. The summed E-state index contributed by atoms with van der Waals surface area (Å²) in [7, 11) is 0. The van der Waals surface area contributed by atoms with E-state index in [1.807, 2.05) is 0 Å². The third kappa shape index (κ3) is 49.7. The molecule has 0 spiro atoms. The molecule has 0 saturated carbocycles. The molecule has 0 aromatic heterocycles. The summed E-state index contributed by atoms with van der Waals surface area (Å²) in [5.41, 5.74) is 0. The summed E-state index contributed by atoms with van der Waals surface area (Å²) in [6, 6.07) is 0. The van der Waals surface area contributed by atoms with E-state index in [1.54, 1.807) is 0 Å². The maximum absolute atomic E-state index is 12.8. The van der Waals surface area contributed by atoms with Gasteiger partial charge in [0.05, 0.1) is 6.61 Å². The number of rotatable bonds is 47. The van der Waals surface area contributed by atoms with Gasteiger partial charge in [0.15, 0.2) is 6.10 Å². The lowest BCUT2D eigenvalue weighted by atomic mass is 10.1. The zero-order valence-electron chi connectivity index (χ0n) is 40.9. The van der Waals surface area contributed by atoms with Crippen LogP contribution < -0.4 is 0 Å². The number of carbonyl (C=O) groups excluding carboxylic acids is 2. The maximum Gasteiger partial charge on any atom is 0.306 e. The Morgan fingerprint density at radius 1 is 0.371 bits per heavy atom. The molecule has 0 aliphatic rings. The van der Waals surface area contributed by atoms with Gasteiger partial charge >= 0.3 is 11.9 Å². The normalized spacial score (nSPS) is 12.9. The molecule has 0 bridgehead atoms. The third-order valence-corrected chi connectivity index (χ3v) is 10.9. The molecule has 1 atom stereocenters. The topological polar surface area (TPSA) is 61.8 Å². The first-order chi connectivity index (χ1) is 30.6. The van der Waals surface area contributed by atoms with Crippen molar-refractivity contribution in [3.63, 3.8) is 0 Å². The quantitative estimate of drug-likeness (QED) is 0.0346. The van der Waals surface area contributed by atoms with E-state index >= 15 is 0 Å². The van der Waals surface area contributed by atoms with Gasteiger partial charge in [-0.1, -0.05) is 215 Å². The number of hydrogen-bond donors (Lipinski definition) is 0. The van der Waals surface area contributed by atoms with Crippen LogP contribution >= 0.6 is 0 Å². The van der Waals surface area contributed by atoms with Crippen molar-refractivity contribution in [1.29, 1.82) is 0 Å². The molecule has 0 aromatic rings. The summed E-state index contributed by atoms with van der Waals surface area (Å²) in [6.45, 7) is 7.60. The average molecular weight is 863 g/mol. The maximum atomic E-state index is 12.8. The minimum Gasteiger partial charge on any atom is -0.462 e. The highest BCUT2D eigenvalue weighted by molar-refractivity contribution is 5.70. The first-order valence-electron chi connectivity index (χ1n) is 26.1. The van der Waals surface area contributed by atoms with Crippen molar-refractivity contribution in [2.75, 3.05) is 19.8 Å². The van der Waals surface area contributed by atoms with Crippen LogP contribution in [0.1, 0.15) is 239 Å². The zero-order valence-corrected chi connectivity index (χ0v) is 40.9. The number of esters is 2. The smallest absolute Gasteiger partial charge is 0.306 e. The van der Waals surface area contributed by atoms with Gasteiger partial charge < -0.3 is 14.2 Å². The molecule has 0 heterocycles. The highest BCUT2D eigenvalue weighted by atomic mass is 16.6. The lowest BCUT2D eigenvalue weighted by Crippen LogP contribution is -2.30. The molecule has 356 valence electrons. The molecule has 0 saturated heterocycles. The number of unbranched alkanes of at least 4 members (excludes halogenated alkanes) is 22. The summed E-state index contributed by atoms with van der Waals surface area (Å²) >= 11 is 0. The monoisotopic (exact) mass is 863 g/mol. The fraction of sp³-hybridized carbons (Fsp3) is 0.719. The molecule has 1 unspecified atom stereocenters. The van der Waals surface area contributed by atoms with Crippen molar-refractivity contribution in [1.82, 2.24) is 0 Å². The molecule has 0 radical (unpaired) electrons. The van der Waals surface area contributed by atoms with Crippen molar-refractivity contribution in [3.05, 3.63) is 85.1 Å². The second kappa shape index (κ2) is 52.4. The van der Waals surface area contributed by atoms with Crippen molar-refractivity contribution in [2.24, 2.45) is 0 Å². The molecule has 0 aliphatic heterocycles. The van der Waals surface area contributed by atoms with Crippen molar-refractivity contribution in [3.8, 4) is 0 Å². The van der Waals surface area contributed by atoms with Gasteiger partial charge in [-0.15, -0.1) is 0 Å². The Morgan fingerprint density at radius 2 is 0.726 bits per heavy atom. The first-order valence-corrected chi connectivity index (χ1v) is 26.1. The van der Waals surface area contributed by atoms with Gasteiger partial charge in [-0.05, 0) is 96.3 Å². The van der Waals surface area contributed by atoms with E-state index in [1.165, 1.54) is 103 Å². The molecule has 0 rings (SSSR count). The van der Waals surface area contributed by atoms with E-state index in [2.05, 4.69) is 106 Å². The van der Waals surface area contributed by atoms with Gasteiger partial charge in [0.25, 0.3) is 0 Å². The highest BCUT2D eigenvalue weighted by Crippen LogP contribution is 2.14. The van der Waals surface area contributed by atoms with E-state index in [4.69, 9.17) is 14.2 Å². The van der Waals surface area contributed by atoms with Crippen LogP contribution in [0.4, 0.5) is 0 Å². The Morgan fingerprint density at radius 3 is 1.19 bits per heavy atom. The van der Waals surface area contributed by atoms with E-state index in [9.17, 15) is 9.59 Å². The molecule has 0 aliphatic carbocycles. The number of carbonyl (C=O) groups is 2. The van der Waals surface area contributed by atoms with Gasteiger partial charge in [0.1, 0.15) is 6.61 Å². The van der Waals surface area contributed by atoms with Crippen molar-refractivity contribution in [2.45, 2.75) is 245 Å². The van der Waals surface area contributed by atoms with Gasteiger partial charge in [-0.2, -0.15) is 0 Å². The van der Waals surface area contributed by atoms with Crippen LogP contribution in [0, 0.1) is 0 Å². The van der Waals surface area contributed by atoms with Gasteiger partial charge in [-0.3, -0.25) is 9.59 Å². The first kappa shape index (κ1) is 59.1. The number of allylic oxidation sites excluding steroid dienone is 14. The van der Waals surface area contributed by atoms with Crippen LogP contribution in [0.5, 0.6) is 0 Å². The standard InChI is InChI=1S/C57H98O5/c1-4-7-10-13-16-19-22-24-26-28-29-30-31-33-36-38-41-44-47-50-56(58)61-54-55(62-57(59)51-48-45-42-39-35-21-18-15-12-9-6-3)53-60-52-49-46-43-40-37-34-32-27-25-23-20-17-14-11-8-5-2/h8,11,16-17,19-20,24-27,29-30,34,37,55H,4-7,9-10,12-15,18,21-23,28,31-33,35-36,38-54H2,1-3H3/b11-8-,19-16-,20-17-,26-24-,27-25-,30-29-,37-34-. The molecule has 0 aromatic carbocycles. The second-order valence-corrected chi connectivity index (χ2v) is 17.0. The number of ether oxygens (including phenoxy) is 3. The van der Waals surface area contributed by atoms with Crippen LogP contribution in [0.25, 0.3) is 0 Å². The Hall–Kier alpha value is -2.92. The van der Waals surface area contributed by atoms with Crippen LogP contribution in [-0.4, -0.2) is 37.9 Å². The fourth-order valence-corrected chi connectivity index (χ4v) is 7.04. The predicted molar refractivity (Wildman–Crippen MR) is 270 cm³/mol. The molecule has 5 heteroatoms. The summed E-state index contributed by atoms with van der Waals surface area (Å²) in [4.78, 5) is 25.4. The SMILES string of the molecule is CC/C=C\C/C=C\C/C=C\C/C=C\CCCCCOCC(COC(=O)CCCCCCCC/C=C\C/C=C\C/C=C\CCCCC)OC(=O)CCCCCCCCCCCCC. The summed E-state index contributed by atoms with van der Waals surface area (Å²) in [6.07, 6.45) is 68.8. The minimum atomic E-state index is -0.559. The summed E-state index contributed by atoms with van der Waals surface area (Å²) in [5, 5.41) is 0. The second-order valence-electron chi connectivity index (χ2n) is 17.0. The van der Waals surface area contributed by atoms with Crippen LogP contribution in [0.15, 0.2) is 85.1 Å². The molecular weight excluding hydrogens is 765 g/mol. The van der Waals surface area contributed by atoms with Crippen LogP contribution in [0.2, 0.25) is 0 Å². The molecule has 0 amide bonds. The van der Waals surface area contributed by atoms with Gasteiger partial charge in [0.2, 0.25) is 0 Å². The molecule has 0 N–H and O–H groups in total. The molecule has 0 fully saturated rings. The molecule has 62 heavy (non-hydrogen) atoms. The van der Waals surface area contributed by atoms with E-state index in [-0.39, 0.29) is 25.2 Å². The summed E-state index contributed by atoms with van der Waals surface area (Å²) < 4.78 is 17.4. The van der Waals surface area contributed by atoms with E-state index < -0.39 is 6.10 Å². The lowest BCUT2D eigenvalue weighted by molar-refractivity contribution is -0.163. The van der Waals surface area contributed by atoms with Crippen LogP contribution in [-0.2, 0) is 23.8 Å². The van der Waals surface area contributed by atoms with Crippen molar-refractivity contribution < 1.29 is 23.8 Å².